The number of hydrogen-bond acceptors (Lipinski definition) is 2. The topological polar surface area (TPSA) is 49.3 Å². The van der Waals surface area contributed by atoms with Gasteiger partial charge in [-0.3, -0.25) is 0 Å². The summed E-state index contributed by atoms with van der Waals surface area (Å²) in [6.45, 7) is 2.08. The van der Waals surface area contributed by atoms with Crippen LogP contribution in [0.3, 0.4) is 0 Å². The Morgan fingerprint density at radius 3 is 2.75 bits per heavy atom. The number of aliphatic carboxylic acids is 1. The predicted octanol–water partition coefficient (Wildman–Crippen LogP) is 2.52. The average Bonchev–Trinajstić information content (AvgIpc) is 3.10. The number of benzene rings is 1. The quantitative estimate of drug-likeness (QED) is 0.800. The van der Waals surface area contributed by atoms with Gasteiger partial charge in [-0.15, -0.1) is 0 Å². The molecule has 0 aromatic heterocycles. The lowest BCUT2D eigenvalue weighted by molar-refractivity contribution is -0.138. The number of nitrogens with one attached hydrogen (secondary N) is 1. The second-order valence-electron chi connectivity index (χ2n) is 4.31. The van der Waals surface area contributed by atoms with E-state index in [1.54, 1.807) is 0 Å². The standard InChI is InChI=1S/C13H17NO2/c1-2-9-5-3-4-6-11(9)14-12(13(15)16)10-7-8-10/h3-6,10,12,14H,2,7-8H2,1H3,(H,15,16). The van der Waals surface area contributed by atoms with Gasteiger partial charge in [-0.2, -0.15) is 0 Å². The Bertz CT molecular complexity index is 385. The van der Waals surface area contributed by atoms with Crippen LogP contribution in [0.25, 0.3) is 0 Å². The lowest BCUT2D eigenvalue weighted by atomic mass is 10.1. The molecule has 2 N–H and O–H groups in total. The number of carboxylic acid groups (broad SMARTS) is 1. The number of hydrogen-bond donors (Lipinski definition) is 2. The largest absolute Gasteiger partial charge is 0.480 e. The summed E-state index contributed by atoms with van der Waals surface area (Å²) < 4.78 is 0. The number of anilines is 1. The van der Waals surface area contributed by atoms with Crippen LogP contribution in [0.5, 0.6) is 0 Å². The molecule has 0 amide bonds. The third kappa shape index (κ3) is 2.35. The molecule has 0 radical (unpaired) electrons. The van der Waals surface area contributed by atoms with E-state index in [1.807, 2.05) is 24.3 Å². The van der Waals surface area contributed by atoms with E-state index in [2.05, 4.69) is 12.2 Å². The highest BCUT2D eigenvalue weighted by Gasteiger charge is 2.36. The molecule has 1 aliphatic rings. The molecule has 1 aromatic rings. The summed E-state index contributed by atoms with van der Waals surface area (Å²) in [7, 11) is 0. The molecule has 0 bridgehead atoms. The minimum atomic E-state index is -0.742. The SMILES string of the molecule is CCc1ccccc1NC(C(=O)O)C1CC1. The maximum Gasteiger partial charge on any atom is 0.326 e. The molecular formula is C13H17NO2. The van der Waals surface area contributed by atoms with Crippen molar-refractivity contribution in [2.75, 3.05) is 5.32 Å². The first-order valence-electron chi connectivity index (χ1n) is 5.79. The summed E-state index contributed by atoms with van der Waals surface area (Å²) in [4.78, 5) is 11.1. The highest BCUT2D eigenvalue weighted by Crippen LogP contribution is 2.34. The molecule has 0 heterocycles. The minimum Gasteiger partial charge on any atom is -0.480 e. The van der Waals surface area contributed by atoms with Crippen LogP contribution in [0.1, 0.15) is 25.3 Å². The predicted molar refractivity (Wildman–Crippen MR) is 63.6 cm³/mol. The van der Waals surface area contributed by atoms with Gasteiger partial charge >= 0.3 is 5.97 Å². The van der Waals surface area contributed by atoms with Crippen LogP contribution in [0.2, 0.25) is 0 Å². The fourth-order valence-corrected chi connectivity index (χ4v) is 1.95. The van der Waals surface area contributed by atoms with E-state index in [-0.39, 0.29) is 0 Å². The molecule has 16 heavy (non-hydrogen) atoms. The molecule has 3 nitrogen and oxygen atoms in total. The molecule has 1 fully saturated rings. The van der Waals surface area contributed by atoms with Gasteiger partial charge in [0.2, 0.25) is 0 Å². The molecule has 86 valence electrons. The molecule has 0 saturated heterocycles. The molecule has 1 aromatic carbocycles. The lowest BCUT2D eigenvalue weighted by Gasteiger charge is -2.17. The third-order valence-electron chi connectivity index (χ3n) is 3.07. The second kappa shape index (κ2) is 4.56. The zero-order chi connectivity index (χ0) is 11.5. The van der Waals surface area contributed by atoms with Gasteiger partial charge in [0.25, 0.3) is 0 Å². The van der Waals surface area contributed by atoms with Crippen molar-refractivity contribution >= 4 is 11.7 Å². The van der Waals surface area contributed by atoms with Gasteiger partial charge < -0.3 is 10.4 Å². The van der Waals surface area contributed by atoms with Gasteiger partial charge in [0.15, 0.2) is 0 Å². The Morgan fingerprint density at radius 2 is 2.19 bits per heavy atom. The molecule has 1 unspecified atom stereocenters. The van der Waals surface area contributed by atoms with E-state index < -0.39 is 12.0 Å². The number of aryl methyl sites for hydroxylation is 1. The monoisotopic (exact) mass is 219 g/mol. The Balaban J connectivity index is 2.14. The maximum absolute atomic E-state index is 11.1. The minimum absolute atomic E-state index is 0.308. The Morgan fingerprint density at radius 1 is 1.50 bits per heavy atom. The first kappa shape index (κ1) is 11.0. The van der Waals surface area contributed by atoms with E-state index in [1.165, 1.54) is 5.56 Å². The van der Waals surface area contributed by atoms with Crippen LogP contribution in [0.15, 0.2) is 24.3 Å². The van der Waals surface area contributed by atoms with Gasteiger partial charge in [0.1, 0.15) is 6.04 Å². The first-order chi connectivity index (χ1) is 7.72. The number of carboxylic acids is 1. The van der Waals surface area contributed by atoms with Crippen LogP contribution < -0.4 is 5.32 Å². The molecule has 3 heteroatoms. The van der Waals surface area contributed by atoms with Gasteiger partial charge in [-0.05, 0) is 36.8 Å². The Kier molecular flexibility index (Phi) is 3.13. The molecule has 0 spiro atoms. The molecule has 1 aliphatic carbocycles. The van der Waals surface area contributed by atoms with E-state index in [9.17, 15) is 4.79 Å². The fraction of sp³-hybridized carbons (Fsp3) is 0.462. The summed E-state index contributed by atoms with van der Waals surface area (Å²) in [5.74, 6) is -0.434. The van der Waals surface area contributed by atoms with Crippen molar-refractivity contribution in [1.29, 1.82) is 0 Å². The summed E-state index contributed by atoms with van der Waals surface area (Å²) >= 11 is 0. The van der Waals surface area contributed by atoms with Crippen molar-refractivity contribution in [3.8, 4) is 0 Å². The Hall–Kier alpha value is -1.51. The summed E-state index contributed by atoms with van der Waals surface area (Å²) in [5, 5.41) is 12.3. The summed E-state index contributed by atoms with van der Waals surface area (Å²) in [5.41, 5.74) is 2.14. The summed E-state index contributed by atoms with van der Waals surface area (Å²) in [6, 6.07) is 7.49. The van der Waals surface area contributed by atoms with Gasteiger partial charge in [0.05, 0.1) is 0 Å². The Labute approximate surface area is 95.5 Å². The highest BCUT2D eigenvalue weighted by molar-refractivity contribution is 5.78. The van der Waals surface area contributed by atoms with E-state index in [0.29, 0.717) is 5.92 Å². The fourth-order valence-electron chi connectivity index (χ4n) is 1.95. The first-order valence-corrected chi connectivity index (χ1v) is 5.79. The average molecular weight is 219 g/mol. The smallest absolute Gasteiger partial charge is 0.326 e. The summed E-state index contributed by atoms with van der Waals surface area (Å²) in [6.07, 6.45) is 2.97. The lowest BCUT2D eigenvalue weighted by Crippen LogP contribution is -2.31. The molecule has 2 rings (SSSR count). The third-order valence-corrected chi connectivity index (χ3v) is 3.07. The van der Waals surface area contributed by atoms with Crippen LogP contribution >= 0.6 is 0 Å². The zero-order valence-electron chi connectivity index (χ0n) is 9.44. The molecule has 1 saturated carbocycles. The molecule has 1 atom stereocenters. The van der Waals surface area contributed by atoms with Gasteiger partial charge in [-0.25, -0.2) is 4.79 Å². The van der Waals surface area contributed by atoms with E-state index >= 15 is 0 Å². The maximum atomic E-state index is 11.1. The number of para-hydroxylation sites is 1. The van der Waals surface area contributed by atoms with Crippen molar-refractivity contribution in [3.05, 3.63) is 29.8 Å². The van der Waals surface area contributed by atoms with Crippen LogP contribution in [-0.4, -0.2) is 17.1 Å². The normalized spacial score (nSPS) is 16.8. The van der Waals surface area contributed by atoms with Gasteiger partial charge in [0, 0.05) is 5.69 Å². The van der Waals surface area contributed by atoms with Crippen LogP contribution in [-0.2, 0) is 11.2 Å². The van der Waals surface area contributed by atoms with Crippen molar-refractivity contribution in [2.45, 2.75) is 32.2 Å². The van der Waals surface area contributed by atoms with Crippen molar-refractivity contribution in [3.63, 3.8) is 0 Å². The van der Waals surface area contributed by atoms with Gasteiger partial charge in [-0.1, -0.05) is 25.1 Å². The van der Waals surface area contributed by atoms with Crippen molar-refractivity contribution in [1.82, 2.24) is 0 Å². The van der Waals surface area contributed by atoms with Crippen molar-refractivity contribution < 1.29 is 9.90 Å². The van der Waals surface area contributed by atoms with E-state index in [0.717, 1.165) is 24.9 Å². The molecular weight excluding hydrogens is 202 g/mol. The van der Waals surface area contributed by atoms with Crippen LogP contribution in [0, 0.1) is 5.92 Å². The van der Waals surface area contributed by atoms with Crippen molar-refractivity contribution in [2.24, 2.45) is 5.92 Å². The zero-order valence-corrected chi connectivity index (χ0v) is 9.44. The number of carbonyl (C=O) groups is 1. The highest BCUT2D eigenvalue weighted by atomic mass is 16.4. The van der Waals surface area contributed by atoms with E-state index in [4.69, 9.17) is 5.11 Å². The number of rotatable bonds is 5. The molecule has 0 aliphatic heterocycles. The van der Waals surface area contributed by atoms with Crippen LogP contribution in [0.4, 0.5) is 5.69 Å². The second-order valence-corrected chi connectivity index (χ2v) is 4.31.